The maximum absolute atomic E-state index is 13.2. The molecule has 0 saturated heterocycles. The fraction of sp³-hybridized carbons (Fsp3) is 0.312. The lowest BCUT2D eigenvalue weighted by Crippen LogP contribution is -2.12. The van der Waals surface area contributed by atoms with Gasteiger partial charge in [-0.25, -0.2) is 19.2 Å². The third-order valence-corrected chi connectivity index (χ3v) is 3.90. The van der Waals surface area contributed by atoms with E-state index in [1.807, 2.05) is 0 Å². The molecule has 0 atom stereocenters. The van der Waals surface area contributed by atoms with E-state index in [0.29, 0.717) is 18.2 Å². The lowest BCUT2D eigenvalue weighted by atomic mass is 10.2. The SMILES string of the molecule is COC(=O)c1nc(C2CC2)nc(NCc2cccc(F)c2)c1Cl. The fourth-order valence-corrected chi connectivity index (χ4v) is 2.40. The zero-order valence-electron chi connectivity index (χ0n) is 12.5. The maximum Gasteiger partial charge on any atom is 0.358 e. The molecule has 7 heteroatoms. The molecule has 1 aliphatic carbocycles. The van der Waals surface area contributed by atoms with Crippen molar-refractivity contribution in [3.63, 3.8) is 0 Å². The van der Waals surface area contributed by atoms with Crippen molar-refractivity contribution in [2.45, 2.75) is 25.3 Å². The molecule has 3 rings (SSSR count). The van der Waals surface area contributed by atoms with E-state index in [2.05, 4.69) is 15.3 Å². The summed E-state index contributed by atoms with van der Waals surface area (Å²) in [6.07, 6.45) is 1.98. The van der Waals surface area contributed by atoms with Gasteiger partial charge in [0.1, 0.15) is 22.5 Å². The number of nitrogens with zero attached hydrogens (tertiary/aromatic N) is 2. The van der Waals surface area contributed by atoms with Crippen LogP contribution in [0.3, 0.4) is 0 Å². The van der Waals surface area contributed by atoms with Gasteiger partial charge < -0.3 is 10.1 Å². The number of hydrogen-bond acceptors (Lipinski definition) is 5. The summed E-state index contributed by atoms with van der Waals surface area (Å²) in [6.45, 7) is 0.333. The predicted octanol–water partition coefficient (Wildman–Crippen LogP) is 3.55. The quantitative estimate of drug-likeness (QED) is 0.847. The number of aromatic nitrogens is 2. The highest BCUT2D eigenvalue weighted by atomic mass is 35.5. The number of anilines is 1. The van der Waals surface area contributed by atoms with Crippen molar-refractivity contribution in [2.75, 3.05) is 12.4 Å². The molecule has 2 aromatic rings. The number of nitrogens with one attached hydrogen (secondary N) is 1. The van der Waals surface area contributed by atoms with Crippen LogP contribution in [0.4, 0.5) is 10.2 Å². The number of halogens is 2. The lowest BCUT2D eigenvalue weighted by molar-refractivity contribution is 0.0593. The third-order valence-electron chi connectivity index (χ3n) is 3.54. The lowest BCUT2D eigenvalue weighted by Gasteiger charge is -2.12. The third kappa shape index (κ3) is 3.59. The van der Waals surface area contributed by atoms with E-state index in [0.717, 1.165) is 18.4 Å². The fourth-order valence-electron chi connectivity index (χ4n) is 2.17. The van der Waals surface area contributed by atoms with Gasteiger partial charge in [-0.05, 0) is 30.5 Å². The molecule has 1 aliphatic rings. The molecule has 0 amide bonds. The maximum atomic E-state index is 13.2. The van der Waals surface area contributed by atoms with Gasteiger partial charge in [0.2, 0.25) is 0 Å². The topological polar surface area (TPSA) is 64.1 Å². The number of hydrogen-bond donors (Lipinski definition) is 1. The summed E-state index contributed by atoms with van der Waals surface area (Å²) in [5.74, 6) is 0.273. The Morgan fingerprint density at radius 1 is 1.43 bits per heavy atom. The molecule has 0 radical (unpaired) electrons. The molecule has 120 valence electrons. The van der Waals surface area contributed by atoms with Gasteiger partial charge in [-0.2, -0.15) is 0 Å². The highest BCUT2D eigenvalue weighted by Gasteiger charge is 2.30. The second-order valence-corrected chi connectivity index (χ2v) is 5.72. The van der Waals surface area contributed by atoms with Gasteiger partial charge in [0, 0.05) is 12.5 Å². The molecule has 0 aliphatic heterocycles. The minimum atomic E-state index is -0.604. The van der Waals surface area contributed by atoms with E-state index in [-0.39, 0.29) is 22.5 Å². The number of carbonyl (C=O) groups is 1. The molecule has 1 fully saturated rings. The van der Waals surface area contributed by atoms with Crippen LogP contribution < -0.4 is 5.32 Å². The highest BCUT2D eigenvalue weighted by Crippen LogP contribution is 2.39. The second kappa shape index (κ2) is 6.50. The van der Waals surface area contributed by atoms with Crippen LogP contribution >= 0.6 is 11.6 Å². The van der Waals surface area contributed by atoms with Crippen molar-refractivity contribution >= 4 is 23.4 Å². The van der Waals surface area contributed by atoms with Crippen LogP contribution in [0.25, 0.3) is 0 Å². The van der Waals surface area contributed by atoms with Crippen molar-refractivity contribution in [1.29, 1.82) is 0 Å². The van der Waals surface area contributed by atoms with Crippen molar-refractivity contribution in [3.05, 3.63) is 52.2 Å². The van der Waals surface area contributed by atoms with Crippen LogP contribution in [-0.2, 0) is 11.3 Å². The molecule has 5 nitrogen and oxygen atoms in total. The average Bonchev–Trinajstić information content (AvgIpc) is 3.38. The second-order valence-electron chi connectivity index (χ2n) is 5.34. The normalized spacial score (nSPS) is 13.7. The monoisotopic (exact) mass is 335 g/mol. The number of methoxy groups -OCH3 is 1. The van der Waals surface area contributed by atoms with E-state index in [4.69, 9.17) is 16.3 Å². The number of benzene rings is 1. The minimum Gasteiger partial charge on any atom is -0.464 e. The summed E-state index contributed by atoms with van der Waals surface area (Å²) in [6, 6.07) is 6.21. The van der Waals surface area contributed by atoms with Gasteiger partial charge >= 0.3 is 5.97 Å². The molecule has 1 heterocycles. The Morgan fingerprint density at radius 2 is 2.22 bits per heavy atom. The smallest absolute Gasteiger partial charge is 0.358 e. The number of ether oxygens (including phenoxy) is 1. The number of carbonyl (C=O) groups excluding carboxylic acids is 1. The van der Waals surface area contributed by atoms with Crippen molar-refractivity contribution in [3.8, 4) is 0 Å². The van der Waals surface area contributed by atoms with Crippen LogP contribution in [0.15, 0.2) is 24.3 Å². The largest absolute Gasteiger partial charge is 0.464 e. The molecular formula is C16H15ClFN3O2. The summed E-state index contributed by atoms with van der Waals surface area (Å²) in [7, 11) is 1.28. The standard InChI is InChI=1S/C16H15ClFN3O2/c1-23-16(22)13-12(17)15(21-14(20-13)10-5-6-10)19-8-9-3-2-4-11(18)7-9/h2-4,7,10H,5-6,8H2,1H3,(H,19,20,21). The predicted molar refractivity (Wildman–Crippen MR) is 84.1 cm³/mol. The molecule has 23 heavy (non-hydrogen) atoms. The summed E-state index contributed by atoms with van der Waals surface area (Å²) in [5, 5.41) is 3.15. The first-order valence-electron chi connectivity index (χ1n) is 7.22. The zero-order valence-corrected chi connectivity index (χ0v) is 13.2. The number of esters is 1. The molecular weight excluding hydrogens is 321 g/mol. The summed E-state index contributed by atoms with van der Waals surface area (Å²) in [4.78, 5) is 20.4. The van der Waals surface area contributed by atoms with Crippen LogP contribution in [0.1, 0.15) is 40.6 Å². The van der Waals surface area contributed by atoms with Gasteiger partial charge in [-0.15, -0.1) is 0 Å². The Bertz CT molecular complexity index is 750. The van der Waals surface area contributed by atoms with Gasteiger partial charge in [0.05, 0.1) is 7.11 Å². The molecule has 1 N–H and O–H groups in total. The molecule has 1 aromatic carbocycles. The molecule has 0 spiro atoms. The Labute approximate surface area is 137 Å². The van der Waals surface area contributed by atoms with Gasteiger partial charge in [-0.3, -0.25) is 0 Å². The van der Waals surface area contributed by atoms with Crippen molar-refractivity contribution in [1.82, 2.24) is 9.97 Å². The first kappa shape index (κ1) is 15.7. The van der Waals surface area contributed by atoms with Crippen LogP contribution in [0.2, 0.25) is 5.02 Å². The first-order chi connectivity index (χ1) is 11.1. The summed E-state index contributed by atoms with van der Waals surface area (Å²) < 4.78 is 17.9. The van der Waals surface area contributed by atoms with Gasteiger partial charge in [0.25, 0.3) is 0 Å². The van der Waals surface area contributed by atoms with Crippen LogP contribution in [0, 0.1) is 5.82 Å². The number of rotatable bonds is 5. The Balaban J connectivity index is 1.88. The van der Waals surface area contributed by atoms with E-state index in [9.17, 15) is 9.18 Å². The highest BCUT2D eigenvalue weighted by molar-refractivity contribution is 6.35. The summed E-state index contributed by atoms with van der Waals surface area (Å²) >= 11 is 6.21. The van der Waals surface area contributed by atoms with E-state index >= 15 is 0 Å². The van der Waals surface area contributed by atoms with Crippen LogP contribution in [-0.4, -0.2) is 23.0 Å². The average molecular weight is 336 g/mol. The van der Waals surface area contributed by atoms with E-state index < -0.39 is 5.97 Å². The van der Waals surface area contributed by atoms with Gasteiger partial charge in [0.15, 0.2) is 5.69 Å². The Hall–Kier alpha value is -2.21. The Kier molecular flexibility index (Phi) is 4.43. The molecule has 0 bridgehead atoms. The first-order valence-corrected chi connectivity index (χ1v) is 7.60. The molecule has 1 aromatic heterocycles. The summed E-state index contributed by atoms with van der Waals surface area (Å²) in [5.41, 5.74) is 0.792. The van der Waals surface area contributed by atoms with E-state index in [1.54, 1.807) is 12.1 Å². The molecule has 0 unspecified atom stereocenters. The van der Waals surface area contributed by atoms with Crippen molar-refractivity contribution < 1.29 is 13.9 Å². The zero-order chi connectivity index (χ0) is 16.4. The van der Waals surface area contributed by atoms with E-state index in [1.165, 1.54) is 19.2 Å². The van der Waals surface area contributed by atoms with Gasteiger partial charge in [-0.1, -0.05) is 23.7 Å². The minimum absolute atomic E-state index is 0.0489. The molecule has 1 saturated carbocycles. The van der Waals surface area contributed by atoms with Crippen LogP contribution in [0.5, 0.6) is 0 Å². The Morgan fingerprint density at radius 3 is 2.87 bits per heavy atom. The van der Waals surface area contributed by atoms with Crippen molar-refractivity contribution in [2.24, 2.45) is 0 Å².